The zero-order chi connectivity index (χ0) is 24.5. The molecule has 34 heavy (non-hydrogen) atoms. The van der Waals surface area contributed by atoms with Gasteiger partial charge in [0.2, 0.25) is 5.91 Å². The summed E-state index contributed by atoms with van der Waals surface area (Å²) in [5.41, 5.74) is 1.34. The third kappa shape index (κ3) is 7.51. The average Bonchev–Trinajstić information content (AvgIpc) is 2.79. The number of hydrogen-bond donors (Lipinski definition) is 1. The normalized spacial score (nSPS) is 10.9. The van der Waals surface area contributed by atoms with E-state index in [1.165, 1.54) is 36.5 Å². The van der Waals surface area contributed by atoms with Crippen LogP contribution in [-0.4, -0.2) is 41.5 Å². The van der Waals surface area contributed by atoms with E-state index in [1.54, 1.807) is 25.1 Å². The third-order valence-corrected chi connectivity index (χ3v) is 4.93. The molecule has 0 spiro atoms. The van der Waals surface area contributed by atoms with Crippen molar-refractivity contribution in [1.29, 1.82) is 0 Å². The average molecular weight is 497 g/mol. The van der Waals surface area contributed by atoms with E-state index in [1.807, 2.05) is 0 Å². The summed E-state index contributed by atoms with van der Waals surface area (Å²) in [7, 11) is 0. The van der Waals surface area contributed by atoms with Crippen LogP contribution in [-0.2, 0) is 4.79 Å². The van der Waals surface area contributed by atoms with E-state index in [0.717, 1.165) is 11.8 Å². The molecular weight excluding hydrogens is 478 g/mol. The van der Waals surface area contributed by atoms with E-state index in [9.17, 15) is 22.4 Å². The van der Waals surface area contributed by atoms with Crippen LogP contribution in [0.25, 0.3) is 11.3 Å². The molecule has 180 valence electrons. The highest BCUT2D eigenvalue weighted by atomic mass is 32.2. The summed E-state index contributed by atoms with van der Waals surface area (Å²) in [5.74, 6) is -0.510. The van der Waals surface area contributed by atoms with Gasteiger partial charge in [-0.3, -0.25) is 4.79 Å². The van der Waals surface area contributed by atoms with Crippen molar-refractivity contribution < 1.29 is 36.6 Å². The van der Waals surface area contributed by atoms with Crippen molar-refractivity contribution in [2.75, 3.05) is 17.7 Å². The summed E-state index contributed by atoms with van der Waals surface area (Å²) < 4.78 is 64.0. The number of rotatable bonds is 11. The number of nitrogens with zero attached hydrogens (tertiary/aromatic N) is 2. The summed E-state index contributed by atoms with van der Waals surface area (Å²) >= 11 is 1.06. The second-order valence-corrected chi connectivity index (χ2v) is 7.38. The molecule has 0 bridgehead atoms. The number of nitrogens with one attached hydrogen (secondary N) is 1. The van der Waals surface area contributed by atoms with E-state index < -0.39 is 19.1 Å². The topological polar surface area (TPSA) is 82.6 Å². The molecule has 0 radical (unpaired) electrons. The summed E-state index contributed by atoms with van der Waals surface area (Å²) in [6, 6.07) is 11.7. The van der Waals surface area contributed by atoms with Gasteiger partial charge in [0.15, 0.2) is 16.7 Å². The Hall–Kier alpha value is -3.54. The Morgan fingerprint density at radius 2 is 1.82 bits per heavy atom. The first-order valence-corrected chi connectivity index (χ1v) is 10.8. The van der Waals surface area contributed by atoms with Crippen LogP contribution >= 0.6 is 11.8 Å². The highest BCUT2D eigenvalue weighted by Gasteiger charge is 2.14. The fourth-order valence-corrected chi connectivity index (χ4v) is 3.41. The lowest BCUT2D eigenvalue weighted by molar-refractivity contribution is -0.113. The third-order valence-electron chi connectivity index (χ3n) is 4.06. The number of aromatic nitrogens is 2. The Balaban J connectivity index is 1.63. The van der Waals surface area contributed by atoms with Gasteiger partial charge in [0.05, 0.1) is 18.1 Å². The van der Waals surface area contributed by atoms with Gasteiger partial charge in [-0.15, -0.1) is 0 Å². The Labute approximate surface area is 196 Å². The molecule has 12 heteroatoms. The maximum Gasteiger partial charge on any atom is 0.387 e. The minimum absolute atomic E-state index is 0.00363. The fourth-order valence-electron chi connectivity index (χ4n) is 2.78. The molecule has 7 nitrogen and oxygen atoms in total. The number of carbonyl (C=O) groups excluding carboxylic acids is 1. The number of ether oxygens (including phenoxy) is 3. The number of halogens is 4. The molecule has 0 atom stereocenters. The number of hydrogen-bond acceptors (Lipinski definition) is 7. The van der Waals surface area contributed by atoms with Gasteiger partial charge < -0.3 is 19.5 Å². The summed E-state index contributed by atoms with van der Waals surface area (Å²) in [5, 5.41) is 2.93. The fraction of sp³-hybridized carbons (Fsp3) is 0.227. The molecule has 1 aromatic heterocycles. The van der Waals surface area contributed by atoms with Crippen LogP contribution in [0.4, 0.5) is 23.2 Å². The molecule has 1 N–H and O–H groups in total. The molecule has 0 aliphatic rings. The molecule has 0 aliphatic heterocycles. The van der Waals surface area contributed by atoms with Gasteiger partial charge in [0.1, 0.15) is 5.75 Å². The largest absolute Gasteiger partial charge is 0.490 e. The highest BCUT2D eigenvalue weighted by molar-refractivity contribution is 7.99. The Morgan fingerprint density at radius 1 is 1.03 bits per heavy atom. The lowest BCUT2D eigenvalue weighted by Crippen LogP contribution is -2.14. The number of alkyl halides is 4. The van der Waals surface area contributed by atoms with Crippen molar-refractivity contribution in [2.45, 2.75) is 25.3 Å². The molecule has 2 aromatic carbocycles. The minimum Gasteiger partial charge on any atom is -0.490 e. The van der Waals surface area contributed by atoms with Crippen LogP contribution in [0.1, 0.15) is 6.92 Å². The van der Waals surface area contributed by atoms with Crippen molar-refractivity contribution in [3.05, 3.63) is 54.7 Å². The van der Waals surface area contributed by atoms with Gasteiger partial charge in [-0.05, 0) is 37.3 Å². The monoisotopic (exact) mass is 497 g/mol. The Bertz CT molecular complexity index is 1120. The van der Waals surface area contributed by atoms with Crippen molar-refractivity contribution in [3.63, 3.8) is 0 Å². The molecule has 0 saturated carbocycles. The number of thioether (sulfide) groups is 1. The van der Waals surface area contributed by atoms with Crippen LogP contribution in [0.15, 0.2) is 59.9 Å². The summed E-state index contributed by atoms with van der Waals surface area (Å²) in [6.07, 6.45) is 1.49. The zero-order valence-corrected chi connectivity index (χ0v) is 18.5. The van der Waals surface area contributed by atoms with Crippen LogP contribution in [0.2, 0.25) is 0 Å². The van der Waals surface area contributed by atoms with Crippen LogP contribution < -0.4 is 19.5 Å². The zero-order valence-electron chi connectivity index (χ0n) is 17.7. The van der Waals surface area contributed by atoms with Crippen LogP contribution in [0, 0.1) is 0 Å². The molecule has 1 amide bonds. The van der Waals surface area contributed by atoms with Gasteiger partial charge in [0.25, 0.3) is 0 Å². The maximum atomic E-state index is 12.5. The number of amides is 1. The van der Waals surface area contributed by atoms with Crippen molar-refractivity contribution in [1.82, 2.24) is 9.97 Å². The SMILES string of the molecule is CCOc1cc(NC(=O)CSc2nccc(-c3cccc(OC(F)F)c3)n2)ccc1OC(F)F. The smallest absolute Gasteiger partial charge is 0.387 e. The maximum absolute atomic E-state index is 12.5. The predicted octanol–water partition coefficient (Wildman–Crippen LogP) is 5.48. The first kappa shape index (κ1) is 25.1. The molecule has 0 unspecified atom stereocenters. The molecule has 3 aromatic rings. The van der Waals surface area contributed by atoms with Crippen molar-refractivity contribution in [3.8, 4) is 28.5 Å². The van der Waals surface area contributed by atoms with E-state index >= 15 is 0 Å². The molecular formula is C22H19F4N3O4S. The van der Waals surface area contributed by atoms with Crippen LogP contribution in [0.3, 0.4) is 0 Å². The predicted molar refractivity (Wildman–Crippen MR) is 118 cm³/mol. The second kappa shape index (κ2) is 12.1. The minimum atomic E-state index is -3.01. The van der Waals surface area contributed by atoms with Crippen molar-refractivity contribution >= 4 is 23.4 Å². The first-order valence-electron chi connectivity index (χ1n) is 9.86. The molecule has 3 rings (SSSR count). The molecule has 0 saturated heterocycles. The van der Waals surface area contributed by atoms with Gasteiger partial charge >= 0.3 is 13.2 Å². The van der Waals surface area contributed by atoms with Gasteiger partial charge in [0, 0.05) is 23.5 Å². The lowest BCUT2D eigenvalue weighted by atomic mass is 10.1. The van der Waals surface area contributed by atoms with Gasteiger partial charge in [-0.2, -0.15) is 17.6 Å². The van der Waals surface area contributed by atoms with Crippen molar-refractivity contribution in [2.24, 2.45) is 0 Å². The van der Waals surface area contributed by atoms with Crippen LogP contribution in [0.5, 0.6) is 17.2 Å². The lowest BCUT2D eigenvalue weighted by Gasteiger charge is -2.13. The van der Waals surface area contributed by atoms with Gasteiger partial charge in [-0.1, -0.05) is 23.9 Å². The number of benzene rings is 2. The van der Waals surface area contributed by atoms with E-state index in [-0.39, 0.29) is 29.6 Å². The number of carbonyl (C=O) groups is 1. The standard InChI is InChI=1S/C22H19F4N3O4S/c1-2-31-18-11-14(6-7-17(18)33-21(25)26)28-19(30)12-34-22-27-9-8-16(29-22)13-4-3-5-15(10-13)32-20(23)24/h3-11,20-21H,2,12H2,1H3,(H,28,30). The Morgan fingerprint density at radius 3 is 2.56 bits per heavy atom. The number of anilines is 1. The summed E-state index contributed by atoms with van der Waals surface area (Å²) in [6.45, 7) is -4.05. The summed E-state index contributed by atoms with van der Waals surface area (Å²) in [4.78, 5) is 20.8. The first-order chi connectivity index (χ1) is 16.3. The van der Waals surface area contributed by atoms with E-state index in [0.29, 0.717) is 22.1 Å². The molecule has 0 aliphatic carbocycles. The Kier molecular flexibility index (Phi) is 8.91. The van der Waals surface area contributed by atoms with E-state index in [2.05, 4.69) is 24.8 Å². The van der Waals surface area contributed by atoms with E-state index in [4.69, 9.17) is 4.74 Å². The second-order valence-electron chi connectivity index (χ2n) is 6.44. The molecule has 0 fully saturated rings. The van der Waals surface area contributed by atoms with Gasteiger partial charge in [-0.25, -0.2) is 9.97 Å². The highest BCUT2D eigenvalue weighted by Crippen LogP contribution is 2.32. The molecule has 1 heterocycles. The quantitative estimate of drug-likeness (QED) is 0.214.